The van der Waals surface area contributed by atoms with E-state index in [1.165, 1.54) is 11.0 Å². The number of aliphatic imine (C=N–C) groups is 1. The molecule has 0 aliphatic carbocycles. The van der Waals surface area contributed by atoms with Crippen LogP contribution in [0.2, 0.25) is 10.0 Å². The number of benzodiazepines with no additional fused rings is 1. The van der Waals surface area contributed by atoms with E-state index in [1.807, 2.05) is 18.2 Å². The standard InChI is InChI=1S/C24H19Cl2FN4OS/c1-31-20-11-10-15(25)12-17(20)21(16-7-3-4-8-18(16)26)29-22(23(31)32)30-24(33)28-13-14-6-2-5-9-19(14)27/h2-12,22H,13H2,1H3,(H2,28,30,33). The van der Waals surface area contributed by atoms with Gasteiger partial charge in [0, 0.05) is 40.3 Å². The molecule has 33 heavy (non-hydrogen) atoms. The van der Waals surface area contributed by atoms with Crippen LogP contribution in [0.25, 0.3) is 0 Å². The van der Waals surface area contributed by atoms with Gasteiger partial charge in [-0.05, 0) is 42.5 Å². The Kier molecular flexibility index (Phi) is 6.93. The van der Waals surface area contributed by atoms with Crippen molar-refractivity contribution in [3.8, 4) is 0 Å². The molecule has 0 radical (unpaired) electrons. The topological polar surface area (TPSA) is 56.7 Å². The average molecular weight is 501 g/mol. The number of fused-ring (bicyclic) bond motifs is 1. The lowest BCUT2D eigenvalue weighted by Crippen LogP contribution is -2.49. The molecule has 3 aromatic carbocycles. The second-order valence-corrected chi connectivity index (χ2v) is 8.59. The fourth-order valence-corrected chi connectivity index (χ4v) is 4.08. The van der Waals surface area contributed by atoms with Crippen molar-refractivity contribution in [2.24, 2.45) is 4.99 Å². The van der Waals surface area contributed by atoms with Crippen molar-refractivity contribution >= 4 is 57.8 Å². The van der Waals surface area contributed by atoms with Crippen LogP contribution in [0.3, 0.4) is 0 Å². The average Bonchev–Trinajstić information content (AvgIpc) is 2.89. The van der Waals surface area contributed by atoms with Gasteiger partial charge in [-0.1, -0.05) is 59.6 Å². The lowest BCUT2D eigenvalue weighted by Gasteiger charge is -2.22. The largest absolute Gasteiger partial charge is 0.358 e. The molecule has 0 bridgehead atoms. The number of carbonyl (C=O) groups is 1. The number of nitrogens with zero attached hydrogens (tertiary/aromatic N) is 2. The number of halogens is 3. The van der Waals surface area contributed by atoms with Crippen LogP contribution in [0.5, 0.6) is 0 Å². The van der Waals surface area contributed by atoms with Crippen molar-refractivity contribution in [2.45, 2.75) is 12.7 Å². The van der Waals surface area contributed by atoms with E-state index in [-0.39, 0.29) is 23.4 Å². The lowest BCUT2D eigenvalue weighted by molar-refractivity contribution is -0.119. The molecule has 2 N–H and O–H groups in total. The Labute approximate surface area is 206 Å². The SMILES string of the molecule is CN1C(=O)C(NC(=S)NCc2ccccc2F)N=C(c2ccccc2Cl)c2cc(Cl)ccc21. The van der Waals surface area contributed by atoms with Crippen LogP contribution >= 0.6 is 35.4 Å². The molecule has 1 atom stereocenters. The minimum Gasteiger partial charge on any atom is -0.358 e. The highest BCUT2D eigenvalue weighted by Crippen LogP contribution is 2.31. The van der Waals surface area contributed by atoms with Gasteiger partial charge in [-0.2, -0.15) is 0 Å². The van der Waals surface area contributed by atoms with Crippen LogP contribution in [0.15, 0.2) is 71.7 Å². The van der Waals surface area contributed by atoms with Gasteiger partial charge in [0.1, 0.15) is 5.82 Å². The lowest BCUT2D eigenvalue weighted by atomic mass is 10.00. The van der Waals surface area contributed by atoms with E-state index in [1.54, 1.807) is 49.5 Å². The maximum atomic E-state index is 13.9. The summed E-state index contributed by atoms with van der Waals surface area (Å²) < 4.78 is 13.9. The normalized spacial score (nSPS) is 15.4. The fourth-order valence-electron chi connectivity index (χ4n) is 3.50. The number of benzene rings is 3. The van der Waals surface area contributed by atoms with Crippen LogP contribution in [0.4, 0.5) is 10.1 Å². The molecule has 1 heterocycles. The number of nitrogens with one attached hydrogen (secondary N) is 2. The Hall–Kier alpha value is -3.00. The summed E-state index contributed by atoms with van der Waals surface area (Å²) in [6, 6.07) is 18.8. The van der Waals surface area contributed by atoms with E-state index in [2.05, 4.69) is 10.6 Å². The molecule has 0 saturated heterocycles. The maximum Gasteiger partial charge on any atom is 0.272 e. The number of likely N-dealkylation sites (N-methyl/N-ethyl adjacent to an activating group) is 1. The summed E-state index contributed by atoms with van der Waals surface area (Å²) in [6.45, 7) is 0.159. The second kappa shape index (κ2) is 9.87. The van der Waals surface area contributed by atoms with Crippen molar-refractivity contribution < 1.29 is 9.18 Å². The van der Waals surface area contributed by atoms with Crippen LogP contribution in [0, 0.1) is 5.82 Å². The molecule has 1 unspecified atom stereocenters. The van der Waals surface area contributed by atoms with Gasteiger partial charge in [0.05, 0.1) is 11.4 Å². The summed E-state index contributed by atoms with van der Waals surface area (Å²) in [7, 11) is 1.66. The van der Waals surface area contributed by atoms with Crippen LogP contribution in [-0.2, 0) is 11.3 Å². The zero-order valence-electron chi connectivity index (χ0n) is 17.5. The highest BCUT2D eigenvalue weighted by molar-refractivity contribution is 7.80. The number of hydrogen-bond acceptors (Lipinski definition) is 3. The zero-order chi connectivity index (χ0) is 23.5. The van der Waals surface area contributed by atoms with Gasteiger partial charge < -0.3 is 15.5 Å². The molecule has 1 amide bonds. The minimum atomic E-state index is -1.03. The van der Waals surface area contributed by atoms with Gasteiger partial charge in [0.2, 0.25) is 6.17 Å². The highest BCUT2D eigenvalue weighted by atomic mass is 35.5. The Morgan fingerprint density at radius 2 is 1.82 bits per heavy atom. The summed E-state index contributed by atoms with van der Waals surface area (Å²) in [4.78, 5) is 19.5. The first-order valence-electron chi connectivity index (χ1n) is 10.0. The molecular formula is C24H19Cl2FN4OS. The number of rotatable bonds is 4. The maximum absolute atomic E-state index is 13.9. The van der Waals surface area contributed by atoms with Gasteiger partial charge in [-0.25, -0.2) is 9.38 Å². The Morgan fingerprint density at radius 1 is 1.09 bits per heavy atom. The second-order valence-electron chi connectivity index (χ2n) is 7.34. The predicted octanol–water partition coefficient (Wildman–Crippen LogP) is 4.94. The molecule has 1 aliphatic heterocycles. The number of hydrogen-bond donors (Lipinski definition) is 2. The van der Waals surface area contributed by atoms with Crippen molar-refractivity contribution in [3.63, 3.8) is 0 Å². The highest BCUT2D eigenvalue weighted by Gasteiger charge is 2.31. The minimum absolute atomic E-state index is 0.159. The van der Waals surface area contributed by atoms with Crippen molar-refractivity contribution in [3.05, 3.63) is 99.3 Å². The van der Waals surface area contributed by atoms with Gasteiger partial charge in [-0.3, -0.25) is 4.79 Å². The molecule has 3 aromatic rings. The molecule has 1 aliphatic rings. The Balaban J connectivity index is 1.68. The molecule has 0 saturated carbocycles. The Bertz CT molecular complexity index is 1270. The van der Waals surface area contributed by atoms with E-state index < -0.39 is 6.17 Å². The number of thiocarbonyl (C=S) groups is 1. The molecular weight excluding hydrogens is 482 g/mol. The van der Waals surface area contributed by atoms with Gasteiger partial charge in [-0.15, -0.1) is 0 Å². The summed E-state index contributed by atoms with van der Waals surface area (Å²) >= 11 is 18.1. The smallest absolute Gasteiger partial charge is 0.272 e. The van der Waals surface area contributed by atoms with Crippen molar-refractivity contribution in [1.29, 1.82) is 0 Å². The van der Waals surface area contributed by atoms with Crippen molar-refractivity contribution in [2.75, 3.05) is 11.9 Å². The monoisotopic (exact) mass is 500 g/mol. The number of amides is 1. The summed E-state index contributed by atoms with van der Waals surface area (Å²) in [5.74, 6) is -0.667. The van der Waals surface area contributed by atoms with E-state index in [4.69, 9.17) is 40.4 Å². The van der Waals surface area contributed by atoms with Gasteiger partial charge in [0.25, 0.3) is 5.91 Å². The number of carbonyl (C=O) groups excluding carboxylic acids is 1. The molecule has 0 fully saturated rings. The molecule has 168 valence electrons. The van der Waals surface area contributed by atoms with E-state index in [0.29, 0.717) is 38.1 Å². The quantitative estimate of drug-likeness (QED) is 0.498. The first kappa shape index (κ1) is 23.2. The molecule has 9 heteroatoms. The van der Waals surface area contributed by atoms with Crippen LogP contribution < -0.4 is 15.5 Å². The van der Waals surface area contributed by atoms with E-state index in [0.717, 1.165) is 0 Å². The third-order valence-corrected chi connectivity index (χ3v) is 6.02. The summed E-state index contributed by atoms with van der Waals surface area (Å²) in [5.41, 5.74) is 2.92. The summed E-state index contributed by atoms with van der Waals surface area (Å²) in [6.07, 6.45) is -1.03. The molecule has 0 spiro atoms. The molecule has 5 nitrogen and oxygen atoms in total. The number of anilines is 1. The first-order chi connectivity index (χ1) is 15.8. The van der Waals surface area contributed by atoms with Gasteiger partial charge in [0.15, 0.2) is 5.11 Å². The third kappa shape index (κ3) is 5.00. The zero-order valence-corrected chi connectivity index (χ0v) is 19.8. The fraction of sp³-hybridized carbons (Fsp3) is 0.125. The van der Waals surface area contributed by atoms with E-state index >= 15 is 0 Å². The summed E-state index contributed by atoms with van der Waals surface area (Å²) in [5, 5.41) is 7.02. The third-order valence-electron chi connectivity index (χ3n) is 5.19. The van der Waals surface area contributed by atoms with Gasteiger partial charge >= 0.3 is 0 Å². The molecule has 4 rings (SSSR count). The predicted molar refractivity (Wildman–Crippen MR) is 135 cm³/mol. The first-order valence-corrected chi connectivity index (χ1v) is 11.2. The van der Waals surface area contributed by atoms with Crippen molar-refractivity contribution in [1.82, 2.24) is 10.6 Å². The Morgan fingerprint density at radius 3 is 2.58 bits per heavy atom. The van der Waals surface area contributed by atoms with E-state index in [9.17, 15) is 9.18 Å². The van der Waals surface area contributed by atoms with Crippen LogP contribution in [0.1, 0.15) is 16.7 Å². The van der Waals surface area contributed by atoms with Crippen LogP contribution in [-0.4, -0.2) is 29.9 Å². The molecule has 0 aromatic heterocycles.